The molecule has 3 aromatic rings. The number of rotatable bonds is 6. The Bertz CT molecular complexity index is 791. The van der Waals surface area contributed by atoms with E-state index >= 15 is 0 Å². The molecule has 0 aliphatic carbocycles. The van der Waals surface area contributed by atoms with Gasteiger partial charge in [-0.15, -0.1) is 11.3 Å². The highest BCUT2D eigenvalue weighted by atomic mass is 32.1. The Kier molecular flexibility index (Phi) is 5.18. The van der Waals surface area contributed by atoms with E-state index in [1.165, 1.54) is 11.3 Å². The van der Waals surface area contributed by atoms with Crippen molar-refractivity contribution in [1.29, 1.82) is 0 Å². The van der Waals surface area contributed by atoms with Crippen LogP contribution in [0.4, 0.5) is 10.9 Å². The molecule has 0 saturated heterocycles. The minimum absolute atomic E-state index is 0.0467. The first-order valence-corrected chi connectivity index (χ1v) is 8.43. The van der Waals surface area contributed by atoms with Crippen LogP contribution in [-0.2, 0) is 11.2 Å². The van der Waals surface area contributed by atoms with Crippen LogP contribution in [0.1, 0.15) is 12.0 Å². The molecule has 3 rings (SSSR count). The molecule has 0 saturated carbocycles. The molecule has 0 N–H and O–H groups in total. The van der Waals surface area contributed by atoms with Gasteiger partial charge in [0.25, 0.3) is 0 Å². The molecule has 0 atom stereocenters. The number of carbonyl (C=O) groups excluding carboxylic acids is 1. The quantitative estimate of drug-likeness (QED) is 0.684. The Morgan fingerprint density at radius 3 is 2.67 bits per heavy atom. The molecule has 6 heteroatoms. The van der Waals surface area contributed by atoms with Crippen LogP contribution in [-0.4, -0.2) is 23.0 Å². The zero-order valence-electron chi connectivity index (χ0n) is 13.3. The maximum absolute atomic E-state index is 12.8. The van der Waals surface area contributed by atoms with E-state index in [-0.39, 0.29) is 5.91 Å². The number of aryl methyl sites for hydroxylation is 1. The van der Waals surface area contributed by atoms with E-state index in [0.29, 0.717) is 23.8 Å². The lowest BCUT2D eigenvalue weighted by atomic mass is 10.1. The van der Waals surface area contributed by atoms with Crippen LogP contribution in [0.3, 0.4) is 0 Å². The highest BCUT2D eigenvalue weighted by Crippen LogP contribution is 2.27. The van der Waals surface area contributed by atoms with Gasteiger partial charge in [0.2, 0.25) is 5.91 Å². The third-order valence-electron chi connectivity index (χ3n) is 3.54. The SMILES string of the molecule is COc1ccccc1CCC(=O)N(c1ccccn1)c1nccs1. The lowest BCUT2D eigenvalue weighted by molar-refractivity contribution is -0.117. The molecule has 0 unspecified atom stereocenters. The van der Waals surface area contributed by atoms with Crippen molar-refractivity contribution in [1.82, 2.24) is 9.97 Å². The third kappa shape index (κ3) is 3.60. The van der Waals surface area contributed by atoms with Gasteiger partial charge < -0.3 is 4.74 Å². The van der Waals surface area contributed by atoms with Crippen molar-refractivity contribution >= 4 is 28.2 Å². The first-order valence-electron chi connectivity index (χ1n) is 7.55. The lowest BCUT2D eigenvalue weighted by Gasteiger charge is -2.19. The second-order valence-electron chi connectivity index (χ2n) is 5.04. The molecule has 0 bridgehead atoms. The number of nitrogens with zero attached hydrogens (tertiary/aromatic N) is 3. The normalized spacial score (nSPS) is 10.4. The Morgan fingerprint density at radius 2 is 1.96 bits per heavy atom. The Morgan fingerprint density at radius 1 is 1.12 bits per heavy atom. The summed E-state index contributed by atoms with van der Waals surface area (Å²) >= 11 is 1.41. The molecular formula is C18H17N3O2S. The predicted molar refractivity (Wildman–Crippen MR) is 94.8 cm³/mol. The van der Waals surface area contributed by atoms with Gasteiger partial charge in [-0.05, 0) is 30.2 Å². The molecule has 2 heterocycles. The first kappa shape index (κ1) is 16.1. The van der Waals surface area contributed by atoms with Gasteiger partial charge >= 0.3 is 0 Å². The van der Waals surface area contributed by atoms with Crippen molar-refractivity contribution in [3.63, 3.8) is 0 Å². The summed E-state index contributed by atoms with van der Waals surface area (Å²) in [7, 11) is 1.64. The number of para-hydroxylation sites is 1. The van der Waals surface area contributed by atoms with Crippen LogP contribution in [0.2, 0.25) is 0 Å². The lowest BCUT2D eigenvalue weighted by Crippen LogP contribution is -2.26. The molecule has 1 amide bonds. The van der Waals surface area contributed by atoms with Crippen molar-refractivity contribution in [3.05, 3.63) is 65.8 Å². The van der Waals surface area contributed by atoms with E-state index in [4.69, 9.17) is 4.74 Å². The van der Waals surface area contributed by atoms with Crippen molar-refractivity contribution in [2.24, 2.45) is 0 Å². The highest BCUT2D eigenvalue weighted by Gasteiger charge is 2.21. The summed E-state index contributed by atoms with van der Waals surface area (Å²) in [4.78, 5) is 22.9. The number of amides is 1. The molecule has 122 valence electrons. The first-order chi connectivity index (χ1) is 11.8. The Balaban J connectivity index is 1.80. The van der Waals surface area contributed by atoms with E-state index < -0.39 is 0 Å². The summed E-state index contributed by atoms with van der Waals surface area (Å²) in [5.41, 5.74) is 1.01. The molecule has 1 aromatic carbocycles. The third-order valence-corrected chi connectivity index (χ3v) is 4.30. The number of aromatic nitrogens is 2. The predicted octanol–water partition coefficient (Wildman–Crippen LogP) is 3.84. The van der Waals surface area contributed by atoms with Crippen molar-refractivity contribution in [2.75, 3.05) is 12.0 Å². The minimum atomic E-state index is -0.0467. The van der Waals surface area contributed by atoms with Gasteiger partial charge in [-0.25, -0.2) is 14.9 Å². The van der Waals surface area contributed by atoms with Crippen LogP contribution in [0.15, 0.2) is 60.2 Å². The number of methoxy groups -OCH3 is 1. The fraction of sp³-hybridized carbons (Fsp3) is 0.167. The standard InChI is InChI=1S/C18H17N3O2S/c1-23-15-7-3-2-6-14(15)9-10-17(22)21(18-20-12-13-24-18)16-8-4-5-11-19-16/h2-8,11-13H,9-10H2,1H3. The summed E-state index contributed by atoms with van der Waals surface area (Å²) in [5, 5.41) is 2.47. The minimum Gasteiger partial charge on any atom is -0.496 e. The monoisotopic (exact) mass is 339 g/mol. The molecule has 0 radical (unpaired) electrons. The van der Waals surface area contributed by atoms with Crippen molar-refractivity contribution < 1.29 is 9.53 Å². The fourth-order valence-corrected chi connectivity index (χ4v) is 3.07. The average Bonchev–Trinajstić information content (AvgIpc) is 3.15. The van der Waals surface area contributed by atoms with E-state index in [9.17, 15) is 4.79 Å². The Labute approximate surface area is 144 Å². The second kappa shape index (κ2) is 7.70. The maximum atomic E-state index is 12.8. The van der Waals surface area contributed by atoms with Crippen LogP contribution < -0.4 is 9.64 Å². The van der Waals surface area contributed by atoms with E-state index in [1.807, 2.05) is 47.8 Å². The van der Waals surface area contributed by atoms with Gasteiger partial charge in [0, 0.05) is 24.2 Å². The van der Waals surface area contributed by atoms with Crippen LogP contribution in [0.25, 0.3) is 0 Å². The van der Waals surface area contributed by atoms with Crippen molar-refractivity contribution in [3.8, 4) is 5.75 Å². The number of ether oxygens (including phenoxy) is 1. The zero-order chi connectivity index (χ0) is 16.8. The van der Waals surface area contributed by atoms with Gasteiger partial charge in [0.1, 0.15) is 11.6 Å². The average molecular weight is 339 g/mol. The van der Waals surface area contributed by atoms with E-state index in [1.54, 1.807) is 24.4 Å². The molecule has 0 spiro atoms. The number of anilines is 2. The number of pyridine rings is 1. The molecule has 24 heavy (non-hydrogen) atoms. The molecule has 0 fully saturated rings. The Hall–Kier alpha value is -2.73. The van der Waals surface area contributed by atoms with Crippen LogP contribution in [0, 0.1) is 0 Å². The molecule has 0 aliphatic heterocycles. The number of hydrogen-bond acceptors (Lipinski definition) is 5. The largest absolute Gasteiger partial charge is 0.496 e. The summed E-state index contributed by atoms with van der Waals surface area (Å²) in [6.45, 7) is 0. The highest BCUT2D eigenvalue weighted by molar-refractivity contribution is 7.13. The zero-order valence-corrected chi connectivity index (χ0v) is 14.1. The maximum Gasteiger partial charge on any atom is 0.234 e. The van der Waals surface area contributed by atoms with Gasteiger partial charge in [-0.1, -0.05) is 24.3 Å². The number of benzene rings is 1. The van der Waals surface area contributed by atoms with E-state index in [2.05, 4.69) is 9.97 Å². The number of hydrogen-bond donors (Lipinski definition) is 0. The molecular weight excluding hydrogens is 322 g/mol. The number of carbonyl (C=O) groups is 1. The van der Waals surface area contributed by atoms with Gasteiger partial charge in [-0.2, -0.15) is 0 Å². The van der Waals surface area contributed by atoms with Gasteiger partial charge in [0.15, 0.2) is 5.13 Å². The summed E-state index contributed by atoms with van der Waals surface area (Å²) in [5.74, 6) is 1.33. The summed E-state index contributed by atoms with van der Waals surface area (Å²) in [6.07, 6.45) is 4.29. The van der Waals surface area contributed by atoms with Crippen molar-refractivity contribution in [2.45, 2.75) is 12.8 Å². The van der Waals surface area contributed by atoms with E-state index in [0.717, 1.165) is 11.3 Å². The fourth-order valence-electron chi connectivity index (χ4n) is 2.41. The molecule has 5 nitrogen and oxygen atoms in total. The van der Waals surface area contributed by atoms with Crippen LogP contribution >= 0.6 is 11.3 Å². The van der Waals surface area contributed by atoms with Gasteiger partial charge in [-0.3, -0.25) is 4.79 Å². The topological polar surface area (TPSA) is 55.3 Å². The summed E-state index contributed by atoms with van der Waals surface area (Å²) < 4.78 is 5.35. The van der Waals surface area contributed by atoms with Gasteiger partial charge in [0.05, 0.1) is 7.11 Å². The number of thiazole rings is 1. The van der Waals surface area contributed by atoms with Crippen LogP contribution in [0.5, 0.6) is 5.75 Å². The summed E-state index contributed by atoms with van der Waals surface area (Å²) in [6, 6.07) is 13.2. The second-order valence-corrected chi connectivity index (χ2v) is 5.92. The molecule has 0 aliphatic rings. The molecule has 2 aromatic heterocycles. The smallest absolute Gasteiger partial charge is 0.234 e.